The molecule has 212 valence electrons. The van der Waals surface area contributed by atoms with Crippen molar-refractivity contribution in [2.45, 2.75) is 63.9 Å². The molecular weight excluding hydrogens is 530 g/mol. The van der Waals surface area contributed by atoms with E-state index in [4.69, 9.17) is 9.57 Å². The van der Waals surface area contributed by atoms with E-state index in [1.165, 1.54) is 25.6 Å². The first-order chi connectivity index (χ1) is 18.6. The van der Waals surface area contributed by atoms with Gasteiger partial charge in [0.25, 0.3) is 5.09 Å². The van der Waals surface area contributed by atoms with Crippen LogP contribution in [-0.2, 0) is 28.3 Å². The molecule has 0 radical (unpaired) electrons. The zero-order chi connectivity index (χ0) is 28.3. The Kier molecular flexibility index (Phi) is 8.49. The van der Waals surface area contributed by atoms with Crippen LogP contribution in [0.25, 0.3) is 17.0 Å². The number of fused-ring (bicyclic) bond motifs is 1. The SMILES string of the molecule is CCCc1nn(C)c2c(=O)[nH]c(-c3cc(S(=O)(=O)N4CCC(C(CC)O[N+](=O)[O-])CC4)ccc3OCC)n[n+]12. The standard InChI is InChI=1S/C24H33N7O7S/c1-5-8-21-26-28(4)24-23(32)25-22(27-30(21)24)18-15-17(9-10-20(18)37-7-3)39(35,36)29-13-11-16(12-14-29)19(6-2)38-31(33)34/h9-10,15-16,19H,5-8,11-14H2,1-4H3/p+1. The van der Waals surface area contributed by atoms with E-state index < -0.39 is 26.8 Å². The van der Waals surface area contributed by atoms with Gasteiger partial charge in [0.1, 0.15) is 11.9 Å². The fourth-order valence-electron chi connectivity index (χ4n) is 5.04. The number of aryl methyl sites for hydroxylation is 2. The summed E-state index contributed by atoms with van der Waals surface area (Å²) >= 11 is 0. The monoisotopic (exact) mass is 564 g/mol. The zero-order valence-corrected chi connectivity index (χ0v) is 23.3. The summed E-state index contributed by atoms with van der Waals surface area (Å²) in [4.78, 5) is 31.4. The highest BCUT2D eigenvalue weighted by Gasteiger charge is 2.34. The van der Waals surface area contributed by atoms with Crippen molar-refractivity contribution < 1.29 is 27.6 Å². The summed E-state index contributed by atoms with van der Waals surface area (Å²) in [6.45, 7) is 6.35. The molecule has 1 N–H and O–H groups in total. The van der Waals surface area contributed by atoms with Gasteiger partial charge in [-0.25, -0.2) is 8.42 Å². The molecule has 0 spiro atoms. The minimum absolute atomic E-state index is 0.0284. The number of ether oxygens (including phenoxy) is 1. The molecule has 0 saturated carbocycles. The average Bonchev–Trinajstić information content (AvgIpc) is 3.23. The fraction of sp³-hybridized carbons (Fsp3) is 0.583. The average molecular weight is 565 g/mol. The fourth-order valence-corrected chi connectivity index (χ4v) is 6.53. The third-order valence-electron chi connectivity index (χ3n) is 6.92. The van der Waals surface area contributed by atoms with Gasteiger partial charge in [-0.05, 0) is 56.7 Å². The number of nitrogens with one attached hydrogen (secondary N) is 1. The Morgan fingerprint density at radius 3 is 2.59 bits per heavy atom. The summed E-state index contributed by atoms with van der Waals surface area (Å²) in [5.74, 6) is 1.03. The lowest BCUT2D eigenvalue weighted by atomic mass is 9.91. The van der Waals surface area contributed by atoms with E-state index in [-0.39, 0.29) is 35.4 Å². The molecule has 14 nitrogen and oxygen atoms in total. The molecule has 1 aliphatic rings. The number of rotatable bonds is 11. The molecule has 1 aromatic carbocycles. The Morgan fingerprint density at radius 1 is 1.26 bits per heavy atom. The second-order valence-electron chi connectivity index (χ2n) is 9.44. The smallest absolute Gasteiger partial charge is 0.350 e. The van der Waals surface area contributed by atoms with Gasteiger partial charge in [0.05, 0.1) is 24.1 Å². The number of hydrogen-bond acceptors (Lipinski definition) is 9. The van der Waals surface area contributed by atoms with E-state index in [9.17, 15) is 23.3 Å². The molecular formula is C24H34N7O7S+. The van der Waals surface area contributed by atoms with Gasteiger partial charge >= 0.3 is 17.0 Å². The number of piperidine rings is 1. The predicted octanol–water partition coefficient (Wildman–Crippen LogP) is 1.65. The molecule has 1 fully saturated rings. The van der Waals surface area contributed by atoms with E-state index in [0.29, 0.717) is 49.4 Å². The summed E-state index contributed by atoms with van der Waals surface area (Å²) in [5, 5.41) is 19.1. The first kappa shape index (κ1) is 28.4. The predicted molar refractivity (Wildman–Crippen MR) is 139 cm³/mol. The van der Waals surface area contributed by atoms with E-state index in [2.05, 4.69) is 15.2 Å². The number of H-pyrrole nitrogens is 1. The molecule has 3 heterocycles. The van der Waals surface area contributed by atoms with E-state index in [1.807, 2.05) is 13.8 Å². The summed E-state index contributed by atoms with van der Waals surface area (Å²) in [6.07, 6.45) is 2.19. The maximum Gasteiger partial charge on any atom is 0.350 e. The molecule has 3 aromatic rings. The molecule has 0 bridgehead atoms. The Labute approximate surface area is 225 Å². The highest BCUT2D eigenvalue weighted by Crippen LogP contribution is 2.33. The summed E-state index contributed by atoms with van der Waals surface area (Å²) in [7, 11) is -2.24. The minimum Gasteiger partial charge on any atom is -0.493 e. The van der Waals surface area contributed by atoms with Gasteiger partial charge in [-0.2, -0.15) is 4.31 Å². The summed E-state index contributed by atoms with van der Waals surface area (Å²) < 4.78 is 37.3. The van der Waals surface area contributed by atoms with E-state index in [0.717, 1.165) is 6.42 Å². The van der Waals surface area contributed by atoms with Gasteiger partial charge in [-0.3, -0.25) is 9.78 Å². The van der Waals surface area contributed by atoms with Gasteiger partial charge in [0, 0.05) is 24.6 Å². The third kappa shape index (κ3) is 5.73. The summed E-state index contributed by atoms with van der Waals surface area (Å²) in [5.41, 5.74) is 0.173. The third-order valence-corrected chi connectivity index (χ3v) is 8.81. The number of aromatic amines is 1. The van der Waals surface area contributed by atoms with Crippen LogP contribution in [-0.4, -0.2) is 63.5 Å². The maximum atomic E-state index is 13.6. The van der Waals surface area contributed by atoms with Crippen LogP contribution in [0.2, 0.25) is 0 Å². The van der Waals surface area contributed by atoms with Crippen LogP contribution in [0.3, 0.4) is 0 Å². The van der Waals surface area contributed by atoms with Crippen molar-refractivity contribution in [3.63, 3.8) is 0 Å². The van der Waals surface area contributed by atoms with E-state index >= 15 is 0 Å². The van der Waals surface area contributed by atoms with Crippen LogP contribution in [0.15, 0.2) is 27.9 Å². The highest BCUT2D eigenvalue weighted by molar-refractivity contribution is 7.89. The number of aromatic nitrogens is 5. The number of benzene rings is 1. The second kappa shape index (κ2) is 11.7. The van der Waals surface area contributed by atoms with Crippen LogP contribution >= 0.6 is 0 Å². The molecule has 0 amide bonds. The molecule has 1 aliphatic heterocycles. The van der Waals surface area contributed by atoms with Crippen molar-refractivity contribution >= 4 is 15.7 Å². The Morgan fingerprint density at radius 2 is 1.97 bits per heavy atom. The van der Waals surface area contributed by atoms with Gasteiger partial charge in [-0.1, -0.05) is 23.5 Å². The largest absolute Gasteiger partial charge is 0.493 e. The molecule has 1 saturated heterocycles. The Bertz CT molecular complexity index is 1510. The normalized spacial score (nSPS) is 15.9. The summed E-state index contributed by atoms with van der Waals surface area (Å²) in [6, 6.07) is 4.48. The lowest BCUT2D eigenvalue weighted by molar-refractivity contribution is -0.770. The molecule has 2 aromatic heterocycles. The number of sulfonamides is 1. The first-order valence-electron chi connectivity index (χ1n) is 13.1. The zero-order valence-electron chi connectivity index (χ0n) is 22.5. The van der Waals surface area contributed by atoms with Crippen LogP contribution < -0.4 is 14.8 Å². The van der Waals surface area contributed by atoms with Crippen LogP contribution in [0.5, 0.6) is 5.75 Å². The topological polar surface area (TPSA) is 167 Å². The lowest BCUT2D eigenvalue weighted by Gasteiger charge is -2.34. The molecule has 15 heteroatoms. The van der Waals surface area contributed by atoms with Crippen LogP contribution in [0.1, 0.15) is 52.3 Å². The van der Waals surface area contributed by atoms with Gasteiger partial charge in [0.15, 0.2) is 5.82 Å². The minimum atomic E-state index is -3.91. The van der Waals surface area contributed by atoms with Crippen LogP contribution in [0.4, 0.5) is 0 Å². The number of nitrogens with zero attached hydrogens (tertiary/aromatic N) is 6. The molecule has 39 heavy (non-hydrogen) atoms. The lowest BCUT2D eigenvalue weighted by Crippen LogP contribution is -2.42. The van der Waals surface area contributed by atoms with Crippen molar-refractivity contribution in [1.29, 1.82) is 0 Å². The van der Waals surface area contributed by atoms with Gasteiger partial charge in [-0.15, -0.1) is 14.8 Å². The van der Waals surface area contributed by atoms with Crippen LogP contribution in [0, 0.1) is 16.0 Å². The van der Waals surface area contributed by atoms with Crippen molar-refractivity contribution in [2.24, 2.45) is 13.0 Å². The van der Waals surface area contributed by atoms with E-state index in [1.54, 1.807) is 20.0 Å². The number of hydrogen-bond donors (Lipinski definition) is 1. The molecule has 4 rings (SSSR count). The van der Waals surface area contributed by atoms with Gasteiger partial charge < -0.3 is 9.57 Å². The first-order valence-corrected chi connectivity index (χ1v) is 14.5. The molecule has 1 unspecified atom stereocenters. The van der Waals surface area contributed by atoms with Crippen molar-refractivity contribution in [2.75, 3.05) is 19.7 Å². The highest BCUT2D eigenvalue weighted by atomic mass is 32.2. The molecule has 0 aliphatic carbocycles. The quantitative estimate of drug-likeness (QED) is 0.207. The maximum absolute atomic E-state index is 13.6. The Hall–Kier alpha value is -3.59. The Balaban J connectivity index is 1.69. The van der Waals surface area contributed by atoms with Gasteiger partial charge in [0.2, 0.25) is 10.0 Å². The van der Waals surface area contributed by atoms with Crippen molar-refractivity contribution in [3.8, 4) is 17.1 Å². The van der Waals surface area contributed by atoms with Crippen molar-refractivity contribution in [3.05, 3.63) is 44.5 Å². The second-order valence-corrected chi connectivity index (χ2v) is 11.4. The van der Waals surface area contributed by atoms with Crippen molar-refractivity contribution in [1.82, 2.24) is 24.2 Å². The molecule has 1 atom stereocenters.